The van der Waals surface area contributed by atoms with Crippen molar-refractivity contribution in [3.05, 3.63) is 109 Å². The lowest BCUT2D eigenvalue weighted by atomic mass is 10.0. The minimum absolute atomic E-state index is 0.145. The van der Waals surface area contributed by atoms with Gasteiger partial charge in [0.2, 0.25) is 0 Å². The smallest absolute Gasteiger partial charge is 0.306 e. The topological polar surface area (TPSA) is 111 Å². The van der Waals surface area contributed by atoms with Gasteiger partial charge in [-0.25, -0.2) is 0 Å². The van der Waals surface area contributed by atoms with Gasteiger partial charge in [-0.2, -0.15) is 0 Å². The molecule has 0 rings (SSSR count). The Morgan fingerprint density at radius 1 is 0.313 bits per heavy atom. The van der Waals surface area contributed by atoms with Crippen molar-refractivity contribution < 1.29 is 42.9 Å². The average molecular weight is 1380 g/mol. The van der Waals surface area contributed by atoms with E-state index in [0.29, 0.717) is 23.9 Å². The molecule has 9 nitrogen and oxygen atoms in total. The van der Waals surface area contributed by atoms with Crippen LogP contribution in [0.2, 0.25) is 0 Å². The van der Waals surface area contributed by atoms with Gasteiger partial charge >= 0.3 is 11.9 Å². The molecule has 2 atom stereocenters. The molecule has 0 aromatic carbocycles. The Morgan fingerprint density at radius 3 is 0.869 bits per heavy atom. The van der Waals surface area contributed by atoms with E-state index in [9.17, 15) is 19.5 Å². The summed E-state index contributed by atoms with van der Waals surface area (Å²) < 4.78 is 22.9. The number of carboxylic acid groups (broad SMARTS) is 1. The number of carbonyl (C=O) groups is 3. The second kappa shape index (κ2) is 79.6. The van der Waals surface area contributed by atoms with Gasteiger partial charge in [0.15, 0.2) is 12.4 Å². The van der Waals surface area contributed by atoms with Crippen LogP contribution in [0.5, 0.6) is 0 Å². The highest BCUT2D eigenvalue weighted by Crippen LogP contribution is 2.19. The summed E-state index contributed by atoms with van der Waals surface area (Å²) in [5, 5.41) is 11.9. The molecule has 9 heteroatoms. The number of aliphatic carboxylic acids is 1. The van der Waals surface area contributed by atoms with Crippen LogP contribution < -0.4 is 5.11 Å². The molecule has 0 bridgehead atoms. The van der Waals surface area contributed by atoms with E-state index in [1.165, 1.54) is 263 Å². The Bertz CT molecular complexity index is 2000. The fourth-order valence-electron chi connectivity index (χ4n) is 12.1. The molecule has 99 heavy (non-hydrogen) atoms. The first kappa shape index (κ1) is 94.9. The summed E-state index contributed by atoms with van der Waals surface area (Å²) >= 11 is 0. The Labute approximate surface area is 613 Å². The monoisotopic (exact) mass is 1380 g/mol. The average Bonchev–Trinajstić information content (AvgIpc) is 2.19. The highest BCUT2D eigenvalue weighted by Gasteiger charge is 2.22. The van der Waals surface area contributed by atoms with Gasteiger partial charge in [0.1, 0.15) is 13.2 Å². The first-order valence-corrected chi connectivity index (χ1v) is 42.0. The molecule has 572 valence electrons. The van der Waals surface area contributed by atoms with Gasteiger partial charge < -0.3 is 33.3 Å². The zero-order chi connectivity index (χ0) is 71.8. The highest BCUT2D eigenvalue weighted by molar-refractivity contribution is 5.70. The van der Waals surface area contributed by atoms with Gasteiger partial charge in [-0.3, -0.25) is 9.59 Å². The van der Waals surface area contributed by atoms with Crippen molar-refractivity contribution in [1.29, 1.82) is 0 Å². The summed E-state index contributed by atoms with van der Waals surface area (Å²) in [7, 11) is 5.94. The van der Waals surface area contributed by atoms with E-state index in [0.717, 1.165) is 89.9 Å². The molecule has 0 aliphatic heterocycles. The molecular weight excluding hydrogens is 1220 g/mol. The lowest BCUT2D eigenvalue weighted by Gasteiger charge is -2.26. The van der Waals surface area contributed by atoms with Crippen molar-refractivity contribution in [3.63, 3.8) is 0 Å². The lowest BCUT2D eigenvalue weighted by Crippen LogP contribution is -2.44. The van der Waals surface area contributed by atoms with Crippen LogP contribution in [-0.2, 0) is 33.3 Å². The number of carboxylic acids is 1. The van der Waals surface area contributed by atoms with Crippen molar-refractivity contribution in [2.75, 3.05) is 47.5 Å². The van der Waals surface area contributed by atoms with Crippen LogP contribution in [-0.4, -0.2) is 82.3 Å². The standard InChI is InChI=1S/C90H159NO8/c1-6-8-10-12-14-16-18-20-22-24-26-28-30-32-34-36-38-40-42-44-46-48-50-52-54-56-58-60-62-64-66-68-70-72-74-76-78-80-87(92)97-84-86(85-98-90(89(94)95)96-83-82-91(3,4)5)99-88(93)81-79-77-75-73-71-69-67-65-63-61-59-57-55-53-51-49-47-45-43-41-39-37-35-33-31-29-27-25-23-21-19-17-15-13-11-9-7-2/h9,11,15,17,21,23-24,26-27,29,33,35,39,41,45,47,51,53,86,90H,6-8,10,12-14,16,18-20,22,25,28,30-32,34,36-38,40,42-44,46,48-50,52,54-85H2,1-5H3/b11-9-,17-15-,23-21-,26-24-,29-27-,35-33-,41-39-,47-45-,53-51-. The number of hydrogen-bond acceptors (Lipinski definition) is 8. The molecule has 0 aliphatic carbocycles. The second-order valence-corrected chi connectivity index (χ2v) is 29.4. The maximum atomic E-state index is 13.0. The fourth-order valence-corrected chi connectivity index (χ4v) is 12.1. The molecule has 0 aromatic heterocycles. The minimum atomic E-state index is -1.63. The quantitative estimate of drug-likeness (QED) is 0.0195. The van der Waals surface area contributed by atoms with Crippen LogP contribution in [0.3, 0.4) is 0 Å². The third-order valence-corrected chi connectivity index (χ3v) is 18.5. The van der Waals surface area contributed by atoms with E-state index in [4.69, 9.17) is 18.9 Å². The molecule has 0 saturated carbocycles. The van der Waals surface area contributed by atoms with Crippen molar-refractivity contribution in [2.24, 2.45) is 0 Å². The molecular formula is C90H159NO8. The number of ether oxygens (including phenoxy) is 4. The molecule has 0 aromatic rings. The number of likely N-dealkylation sites (N-methyl/N-ethyl adjacent to an activating group) is 1. The molecule has 0 aliphatic rings. The van der Waals surface area contributed by atoms with Crippen LogP contribution >= 0.6 is 0 Å². The summed E-state index contributed by atoms with van der Waals surface area (Å²) in [6.07, 6.45) is 109. The van der Waals surface area contributed by atoms with E-state index in [1.54, 1.807) is 0 Å². The molecule has 0 spiro atoms. The Morgan fingerprint density at radius 2 is 0.576 bits per heavy atom. The first-order chi connectivity index (χ1) is 48.6. The number of allylic oxidation sites excluding steroid dienone is 18. The molecule has 0 amide bonds. The minimum Gasteiger partial charge on any atom is -0.545 e. The van der Waals surface area contributed by atoms with Gasteiger partial charge in [-0.05, 0) is 103 Å². The van der Waals surface area contributed by atoms with Gasteiger partial charge in [0.25, 0.3) is 0 Å². The summed E-state index contributed by atoms with van der Waals surface area (Å²) in [4.78, 5) is 37.6. The molecule has 2 unspecified atom stereocenters. The normalized spacial score (nSPS) is 13.2. The van der Waals surface area contributed by atoms with Crippen LogP contribution in [0.15, 0.2) is 109 Å². The van der Waals surface area contributed by atoms with Crippen LogP contribution in [0.4, 0.5) is 0 Å². The van der Waals surface area contributed by atoms with E-state index in [-0.39, 0.29) is 32.2 Å². The van der Waals surface area contributed by atoms with Gasteiger partial charge in [-0.15, -0.1) is 0 Å². The zero-order valence-electron chi connectivity index (χ0n) is 65.6. The van der Waals surface area contributed by atoms with E-state index < -0.39 is 24.3 Å². The predicted octanol–water partition coefficient (Wildman–Crippen LogP) is 25.9. The second-order valence-electron chi connectivity index (χ2n) is 29.4. The van der Waals surface area contributed by atoms with Crippen molar-refractivity contribution >= 4 is 17.9 Å². The zero-order valence-corrected chi connectivity index (χ0v) is 65.6. The van der Waals surface area contributed by atoms with Gasteiger partial charge in [0.05, 0.1) is 40.3 Å². The summed E-state index contributed by atoms with van der Waals surface area (Å²) in [6.45, 7) is 4.68. The number of hydrogen-bond donors (Lipinski definition) is 0. The molecule has 0 fully saturated rings. The van der Waals surface area contributed by atoms with Crippen LogP contribution in [0.25, 0.3) is 0 Å². The maximum Gasteiger partial charge on any atom is 0.306 e. The third kappa shape index (κ3) is 81.1. The van der Waals surface area contributed by atoms with Gasteiger partial charge in [0, 0.05) is 12.8 Å². The molecule has 0 saturated heterocycles. The Kier molecular flexibility index (Phi) is 76.4. The summed E-state index contributed by atoms with van der Waals surface area (Å²) in [5.74, 6) is -2.27. The van der Waals surface area contributed by atoms with E-state index in [1.807, 2.05) is 21.1 Å². The summed E-state index contributed by atoms with van der Waals surface area (Å²) in [6, 6.07) is 0. The third-order valence-electron chi connectivity index (χ3n) is 18.5. The van der Waals surface area contributed by atoms with E-state index >= 15 is 0 Å². The van der Waals surface area contributed by atoms with Gasteiger partial charge in [-0.1, -0.05) is 380 Å². The molecule has 0 radical (unpaired) electrons. The Hall–Kier alpha value is -4.05. The number of esters is 2. The van der Waals surface area contributed by atoms with E-state index in [2.05, 4.69) is 123 Å². The number of nitrogens with zero attached hydrogens (tertiary/aromatic N) is 1. The fraction of sp³-hybridized carbons (Fsp3) is 0.767. The number of quaternary nitrogens is 1. The largest absolute Gasteiger partial charge is 0.545 e. The number of carbonyl (C=O) groups excluding carboxylic acids is 3. The van der Waals surface area contributed by atoms with Crippen molar-refractivity contribution in [2.45, 2.75) is 399 Å². The predicted molar refractivity (Wildman–Crippen MR) is 426 cm³/mol. The lowest BCUT2D eigenvalue weighted by molar-refractivity contribution is -0.870. The Balaban J connectivity index is 4.01. The first-order valence-electron chi connectivity index (χ1n) is 42.0. The molecule has 0 heterocycles. The number of unbranched alkanes of at least 4 members (excludes halogenated alkanes) is 45. The number of rotatable bonds is 78. The molecule has 0 N–H and O–H groups in total. The van der Waals surface area contributed by atoms with Crippen LogP contribution in [0, 0.1) is 0 Å². The summed E-state index contributed by atoms with van der Waals surface area (Å²) in [5.41, 5.74) is 0. The van der Waals surface area contributed by atoms with Crippen molar-refractivity contribution in [1.82, 2.24) is 0 Å². The highest BCUT2D eigenvalue weighted by atomic mass is 16.7. The van der Waals surface area contributed by atoms with Crippen LogP contribution in [0.1, 0.15) is 386 Å². The SMILES string of the molecule is CC/C=C\C/C=C\C/C=C\C/C=C\C/C=C\C/C=C\C/C=C\C/C=C\CCCCCCCCCCCCCCC(=O)OC(COC(=O)CCCCCCCCCCCCCCCCCCCCCCCCCCC/C=C\CCCCCCCCCC)COC(OCC[N+](C)(C)C)C(=O)[O-]. The maximum absolute atomic E-state index is 13.0. The van der Waals surface area contributed by atoms with Crippen molar-refractivity contribution in [3.8, 4) is 0 Å².